The molecular formula is C15H20N6O. The van der Waals surface area contributed by atoms with Crippen molar-refractivity contribution in [3.8, 4) is 5.88 Å². The highest BCUT2D eigenvalue weighted by Crippen LogP contribution is 2.30. The Balaban J connectivity index is 1.56. The molecule has 4 heterocycles. The highest BCUT2D eigenvalue weighted by atomic mass is 16.5. The minimum Gasteiger partial charge on any atom is -0.481 e. The lowest BCUT2D eigenvalue weighted by molar-refractivity contribution is 0.395. The summed E-state index contributed by atoms with van der Waals surface area (Å²) in [5.74, 6) is 4.04. The summed E-state index contributed by atoms with van der Waals surface area (Å²) in [6, 6.07) is 1.77. The molecule has 1 atom stereocenters. The number of anilines is 1. The molecule has 0 saturated carbocycles. The van der Waals surface area contributed by atoms with Crippen LogP contribution in [0.25, 0.3) is 0 Å². The Kier molecular flexibility index (Phi) is 3.40. The van der Waals surface area contributed by atoms with Gasteiger partial charge < -0.3 is 14.2 Å². The lowest BCUT2D eigenvalue weighted by Gasteiger charge is -2.32. The molecule has 0 aromatic carbocycles. The summed E-state index contributed by atoms with van der Waals surface area (Å²) in [5.41, 5.74) is 0. The number of methoxy groups -OCH3 is 1. The van der Waals surface area contributed by atoms with E-state index in [0.717, 1.165) is 56.5 Å². The summed E-state index contributed by atoms with van der Waals surface area (Å²) < 4.78 is 7.51. The Bertz CT molecular complexity index is 670. The molecule has 22 heavy (non-hydrogen) atoms. The average Bonchev–Trinajstić information content (AvgIpc) is 3.18. The first kappa shape index (κ1) is 13.5. The van der Waals surface area contributed by atoms with Crippen LogP contribution in [0.15, 0.2) is 12.3 Å². The van der Waals surface area contributed by atoms with Crippen LogP contribution in [0.4, 0.5) is 5.95 Å². The molecule has 116 valence electrons. The average molecular weight is 300 g/mol. The first-order chi connectivity index (χ1) is 10.8. The van der Waals surface area contributed by atoms with Crippen LogP contribution in [0.1, 0.15) is 36.8 Å². The number of ether oxygens (including phenoxy) is 1. The van der Waals surface area contributed by atoms with Crippen LogP contribution in [0.3, 0.4) is 0 Å². The maximum Gasteiger partial charge on any atom is 0.228 e. The SMILES string of the molecule is COc1ccnc(N2CCCC(c3nnc4n3CCC4)C2)n1. The molecule has 0 radical (unpaired) electrons. The predicted octanol–water partition coefficient (Wildman–Crippen LogP) is 1.41. The summed E-state index contributed by atoms with van der Waals surface area (Å²) in [7, 11) is 1.63. The van der Waals surface area contributed by atoms with Gasteiger partial charge in [-0.25, -0.2) is 4.98 Å². The van der Waals surface area contributed by atoms with Crippen LogP contribution in [0.2, 0.25) is 0 Å². The first-order valence-corrected chi connectivity index (χ1v) is 7.89. The fourth-order valence-electron chi connectivity index (χ4n) is 3.44. The zero-order chi connectivity index (χ0) is 14.9. The van der Waals surface area contributed by atoms with Crippen LogP contribution < -0.4 is 9.64 Å². The van der Waals surface area contributed by atoms with Gasteiger partial charge in [-0.2, -0.15) is 4.98 Å². The van der Waals surface area contributed by atoms with E-state index >= 15 is 0 Å². The number of hydrogen-bond acceptors (Lipinski definition) is 6. The third kappa shape index (κ3) is 2.30. The van der Waals surface area contributed by atoms with Gasteiger partial charge in [0.1, 0.15) is 11.6 Å². The highest BCUT2D eigenvalue weighted by molar-refractivity contribution is 5.33. The van der Waals surface area contributed by atoms with Crippen molar-refractivity contribution >= 4 is 5.95 Å². The lowest BCUT2D eigenvalue weighted by Crippen LogP contribution is -2.36. The topological polar surface area (TPSA) is 69.0 Å². The monoisotopic (exact) mass is 300 g/mol. The second-order valence-corrected chi connectivity index (χ2v) is 5.91. The zero-order valence-corrected chi connectivity index (χ0v) is 12.8. The Morgan fingerprint density at radius 1 is 1.23 bits per heavy atom. The van der Waals surface area contributed by atoms with Gasteiger partial charge in [0.05, 0.1) is 7.11 Å². The number of rotatable bonds is 3. The van der Waals surface area contributed by atoms with E-state index in [1.54, 1.807) is 19.4 Å². The van der Waals surface area contributed by atoms with Crippen LogP contribution in [-0.4, -0.2) is 44.9 Å². The fourth-order valence-corrected chi connectivity index (χ4v) is 3.44. The van der Waals surface area contributed by atoms with E-state index in [4.69, 9.17) is 4.74 Å². The molecule has 2 aromatic heterocycles. The van der Waals surface area contributed by atoms with Crippen molar-refractivity contribution in [3.63, 3.8) is 0 Å². The number of hydrogen-bond donors (Lipinski definition) is 0. The Morgan fingerprint density at radius 3 is 3.09 bits per heavy atom. The fraction of sp³-hybridized carbons (Fsp3) is 0.600. The van der Waals surface area contributed by atoms with E-state index in [1.807, 2.05) is 0 Å². The molecule has 1 fully saturated rings. The van der Waals surface area contributed by atoms with E-state index in [0.29, 0.717) is 11.8 Å². The molecule has 0 N–H and O–H groups in total. The first-order valence-electron chi connectivity index (χ1n) is 7.89. The normalized spacial score (nSPS) is 21.0. The van der Waals surface area contributed by atoms with Gasteiger partial charge in [0.2, 0.25) is 11.8 Å². The van der Waals surface area contributed by atoms with Gasteiger partial charge in [-0.1, -0.05) is 0 Å². The predicted molar refractivity (Wildman–Crippen MR) is 81.1 cm³/mol. The van der Waals surface area contributed by atoms with E-state index in [-0.39, 0.29) is 0 Å². The van der Waals surface area contributed by atoms with E-state index in [1.165, 1.54) is 6.42 Å². The number of nitrogens with zero attached hydrogens (tertiary/aromatic N) is 6. The second kappa shape index (κ2) is 5.55. The molecule has 0 bridgehead atoms. The van der Waals surface area contributed by atoms with Crippen LogP contribution in [0, 0.1) is 0 Å². The van der Waals surface area contributed by atoms with Crippen molar-refractivity contribution in [1.29, 1.82) is 0 Å². The molecule has 0 aliphatic carbocycles. The maximum absolute atomic E-state index is 5.20. The Morgan fingerprint density at radius 2 is 2.18 bits per heavy atom. The van der Waals surface area contributed by atoms with Crippen LogP contribution in [-0.2, 0) is 13.0 Å². The van der Waals surface area contributed by atoms with E-state index < -0.39 is 0 Å². The summed E-state index contributed by atoms with van der Waals surface area (Å²) in [6.45, 7) is 2.93. The van der Waals surface area contributed by atoms with Crippen molar-refractivity contribution in [2.75, 3.05) is 25.1 Å². The van der Waals surface area contributed by atoms with E-state index in [9.17, 15) is 0 Å². The lowest BCUT2D eigenvalue weighted by atomic mass is 9.97. The van der Waals surface area contributed by atoms with Crippen LogP contribution >= 0.6 is 0 Å². The summed E-state index contributed by atoms with van der Waals surface area (Å²) in [5, 5.41) is 8.78. The zero-order valence-electron chi connectivity index (χ0n) is 12.8. The van der Waals surface area contributed by atoms with Crippen molar-refractivity contribution < 1.29 is 4.74 Å². The molecule has 7 nitrogen and oxygen atoms in total. The van der Waals surface area contributed by atoms with Crippen molar-refractivity contribution in [3.05, 3.63) is 23.9 Å². The molecule has 0 spiro atoms. The number of piperidine rings is 1. The van der Waals surface area contributed by atoms with Gasteiger partial charge in [-0.05, 0) is 19.3 Å². The molecule has 4 rings (SSSR count). The van der Waals surface area contributed by atoms with Gasteiger partial charge in [0, 0.05) is 44.2 Å². The number of fused-ring (bicyclic) bond motifs is 1. The van der Waals surface area contributed by atoms with Gasteiger partial charge in [-0.3, -0.25) is 0 Å². The molecule has 2 aromatic rings. The largest absolute Gasteiger partial charge is 0.481 e. The van der Waals surface area contributed by atoms with E-state index in [2.05, 4.69) is 29.6 Å². The van der Waals surface area contributed by atoms with Gasteiger partial charge in [0.15, 0.2) is 0 Å². The summed E-state index contributed by atoms with van der Waals surface area (Å²) >= 11 is 0. The quantitative estimate of drug-likeness (QED) is 0.853. The summed E-state index contributed by atoms with van der Waals surface area (Å²) in [6.07, 6.45) is 6.27. The molecule has 1 unspecified atom stereocenters. The number of aromatic nitrogens is 5. The summed E-state index contributed by atoms with van der Waals surface area (Å²) in [4.78, 5) is 11.1. The minimum atomic E-state index is 0.405. The van der Waals surface area contributed by atoms with Crippen molar-refractivity contribution in [1.82, 2.24) is 24.7 Å². The van der Waals surface area contributed by atoms with Gasteiger partial charge in [0.25, 0.3) is 0 Å². The third-order valence-electron chi connectivity index (χ3n) is 4.53. The molecule has 0 amide bonds. The van der Waals surface area contributed by atoms with Crippen molar-refractivity contribution in [2.45, 2.75) is 38.1 Å². The molecule has 1 saturated heterocycles. The number of aryl methyl sites for hydroxylation is 1. The molecule has 2 aliphatic rings. The van der Waals surface area contributed by atoms with Crippen LogP contribution in [0.5, 0.6) is 5.88 Å². The maximum atomic E-state index is 5.20. The molecular weight excluding hydrogens is 280 g/mol. The molecule has 2 aliphatic heterocycles. The Hall–Kier alpha value is -2.18. The van der Waals surface area contributed by atoms with Gasteiger partial charge >= 0.3 is 0 Å². The highest BCUT2D eigenvalue weighted by Gasteiger charge is 2.29. The minimum absolute atomic E-state index is 0.405. The second-order valence-electron chi connectivity index (χ2n) is 5.91. The smallest absolute Gasteiger partial charge is 0.228 e. The van der Waals surface area contributed by atoms with Gasteiger partial charge in [-0.15, -0.1) is 10.2 Å². The third-order valence-corrected chi connectivity index (χ3v) is 4.53. The Labute approximate surface area is 129 Å². The standard InChI is InChI=1S/C15H20N6O/c1-22-13-6-7-16-15(17-13)20-8-2-4-11(10-20)14-19-18-12-5-3-9-21(12)14/h6-7,11H,2-5,8-10H2,1H3. The molecule has 7 heteroatoms. The van der Waals surface area contributed by atoms with Crippen molar-refractivity contribution in [2.24, 2.45) is 0 Å².